The van der Waals surface area contributed by atoms with E-state index in [0.29, 0.717) is 6.04 Å². The van der Waals surface area contributed by atoms with Gasteiger partial charge in [0.05, 0.1) is 17.8 Å². The van der Waals surface area contributed by atoms with Crippen LogP contribution in [0.25, 0.3) is 10.9 Å². The van der Waals surface area contributed by atoms with Crippen molar-refractivity contribution in [1.29, 1.82) is 0 Å². The fourth-order valence-electron chi connectivity index (χ4n) is 3.16. The topological polar surface area (TPSA) is 17.8 Å². The van der Waals surface area contributed by atoms with Gasteiger partial charge in [-0.25, -0.2) is 0 Å². The summed E-state index contributed by atoms with van der Waals surface area (Å²) in [4.78, 5) is 0. The van der Waals surface area contributed by atoms with E-state index in [-0.39, 0.29) is 0 Å². The molecule has 0 spiro atoms. The Hall–Kier alpha value is -0.580. The molecule has 2 unspecified atom stereocenters. The standard InChI is InChI=1S/C15H19IN2/c1-2-11-4-3-5-14(8-11)18-15-9-13(16)7-6-12(15)10-17-18/h6-7,9-11,14H,2-5,8H2,1H3. The summed E-state index contributed by atoms with van der Waals surface area (Å²) in [5.74, 6) is 0.894. The molecule has 0 N–H and O–H groups in total. The molecule has 1 aliphatic carbocycles. The molecule has 2 nitrogen and oxygen atoms in total. The number of halogens is 1. The molecule has 0 bridgehead atoms. The van der Waals surface area contributed by atoms with Crippen LogP contribution in [0, 0.1) is 9.49 Å². The average molecular weight is 354 g/mol. The summed E-state index contributed by atoms with van der Waals surface area (Å²) in [5.41, 5.74) is 1.31. The van der Waals surface area contributed by atoms with E-state index in [1.165, 1.54) is 46.6 Å². The van der Waals surface area contributed by atoms with Crippen molar-refractivity contribution in [3.05, 3.63) is 28.0 Å². The van der Waals surface area contributed by atoms with E-state index in [9.17, 15) is 0 Å². The molecule has 0 radical (unpaired) electrons. The minimum absolute atomic E-state index is 0.611. The van der Waals surface area contributed by atoms with Gasteiger partial charge in [-0.1, -0.05) is 32.3 Å². The summed E-state index contributed by atoms with van der Waals surface area (Å²) < 4.78 is 3.57. The molecule has 1 heterocycles. The third-order valence-corrected chi connectivity index (χ3v) is 4.91. The molecule has 3 rings (SSSR count). The van der Waals surface area contributed by atoms with Crippen molar-refractivity contribution < 1.29 is 0 Å². The maximum absolute atomic E-state index is 4.64. The smallest absolute Gasteiger partial charge is 0.0696 e. The van der Waals surface area contributed by atoms with Gasteiger partial charge in [0.15, 0.2) is 0 Å². The number of hydrogen-bond donors (Lipinski definition) is 0. The Kier molecular flexibility index (Phi) is 3.59. The van der Waals surface area contributed by atoms with Crippen molar-refractivity contribution in [2.45, 2.75) is 45.1 Å². The quantitative estimate of drug-likeness (QED) is 0.710. The highest BCUT2D eigenvalue weighted by atomic mass is 127. The van der Waals surface area contributed by atoms with Gasteiger partial charge in [-0.3, -0.25) is 4.68 Å². The lowest BCUT2D eigenvalue weighted by molar-refractivity contribution is 0.252. The average Bonchev–Trinajstić information content (AvgIpc) is 2.81. The van der Waals surface area contributed by atoms with Crippen LogP contribution in [-0.4, -0.2) is 9.78 Å². The highest BCUT2D eigenvalue weighted by Crippen LogP contribution is 2.35. The number of fused-ring (bicyclic) bond motifs is 1. The fraction of sp³-hybridized carbons (Fsp3) is 0.533. The van der Waals surface area contributed by atoms with Gasteiger partial charge in [-0.05, 0) is 53.5 Å². The van der Waals surface area contributed by atoms with E-state index in [0.717, 1.165) is 5.92 Å². The van der Waals surface area contributed by atoms with Gasteiger partial charge in [-0.15, -0.1) is 0 Å². The monoisotopic (exact) mass is 354 g/mol. The summed E-state index contributed by atoms with van der Waals surface area (Å²) in [7, 11) is 0. The first-order valence-corrected chi connectivity index (χ1v) is 7.98. The zero-order valence-corrected chi connectivity index (χ0v) is 12.9. The second kappa shape index (κ2) is 5.19. The molecule has 96 valence electrons. The van der Waals surface area contributed by atoms with Crippen LogP contribution in [0.2, 0.25) is 0 Å². The third-order valence-electron chi connectivity index (χ3n) is 4.24. The molecule has 0 aliphatic heterocycles. The van der Waals surface area contributed by atoms with E-state index in [4.69, 9.17) is 0 Å². The van der Waals surface area contributed by atoms with Crippen LogP contribution >= 0.6 is 22.6 Å². The molecule has 1 fully saturated rings. The summed E-state index contributed by atoms with van der Waals surface area (Å²) in [5, 5.41) is 5.91. The number of rotatable bonds is 2. The van der Waals surface area contributed by atoms with Crippen molar-refractivity contribution in [2.75, 3.05) is 0 Å². The zero-order chi connectivity index (χ0) is 12.5. The molecule has 18 heavy (non-hydrogen) atoms. The molecule has 0 amide bonds. The first-order chi connectivity index (χ1) is 8.78. The lowest BCUT2D eigenvalue weighted by Gasteiger charge is -2.29. The Morgan fingerprint density at radius 1 is 1.39 bits per heavy atom. The summed E-state index contributed by atoms with van der Waals surface area (Å²) in [6.07, 6.45) is 8.68. The molecular formula is C15H19IN2. The molecule has 1 aromatic carbocycles. The van der Waals surface area contributed by atoms with Crippen LogP contribution in [0.3, 0.4) is 0 Å². The first kappa shape index (κ1) is 12.5. The largest absolute Gasteiger partial charge is 0.262 e. The van der Waals surface area contributed by atoms with Gasteiger partial charge in [0, 0.05) is 8.96 Å². The Morgan fingerprint density at radius 2 is 2.28 bits per heavy atom. The first-order valence-electron chi connectivity index (χ1n) is 6.90. The van der Waals surface area contributed by atoms with E-state index < -0.39 is 0 Å². The summed E-state index contributed by atoms with van der Waals surface area (Å²) >= 11 is 2.38. The van der Waals surface area contributed by atoms with Crippen LogP contribution in [0.1, 0.15) is 45.1 Å². The molecule has 0 saturated heterocycles. The molecule has 3 heteroatoms. The van der Waals surface area contributed by atoms with Crippen LogP contribution in [-0.2, 0) is 0 Å². The minimum Gasteiger partial charge on any atom is -0.262 e. The Morgan fingerprint density at radius 3 is 3.11 bits per heavy atom. The second-order valence-corrected chi connectivity index (χ2v) is 6.63. The molecule has 1 saturated carbocycles. The zero-order valence-electron chi connectivity index (χ0n) is 10.8. The second-order valence-electron chi connectivity index (χ2n) is 5.39. The predicted molar refractivity (Wildman–Crippen MR) is 83.7 cm³/mol. The van der Waals surface area contributed by atoms with Crippen molar-refractivity contribution in [3.8, 4) is 0 Å². The highest BCUT2D eigenvalue weighted by molar-refractivity contribution is 14.1. The predicted octanol–water partition coefficient (Wildman–Crippen LogP) is 4.78. The molecule has 2 atom stereocenters. The van der Waals surface area contributed by atoms with Gasteiger partial charge in [-0.2, -0.15) is 5.10 Å². The van der Waals surface area contributed by atoms with Crippen LogP contribution in [0.15, 0.2) is 24.4 Å². The van der Waals surface area contributed by atoms with Gasteiger partial charge in [0.1, 0.15) is 0 Å². The summed E-state index contributed by atoms with van der Waals surface area (Å²) in [6, 6.07) is 7.21. The van der Waals surface area contributed by atoms with E-state index in [1.54, 1.807) is 0 Å². The Labute approximate surface area is 122 Å². The van der Waals surface area contributed by atoms with Gasteiger partial charge >= 0.3 is 0 Å². The van der Waals surface area contributed by atoms with E-state index >= 15 is 0 Å². The molecular weight excluding hydrogens is 335 g/mol. The van der Waals surface area contributed by atoms with E-state index in [2.05, 4.69) is 57.5 Å². The normalized spacial score (nSPS) is 24.6. The highest BCUT2D eigenvalue weighted by Gasteiger charge is 2.23. The maximum Gasteiger partial charge on any atom is 0.0696 e. The van der Waals surface area contributed by atoms with Crippen molar-refractivity contribution in [3.63, 3.8) is 0 Å². The number of benzene rings is 1. The Bertz CT molecular complexity index is 546. The van der Waals surface area contributed by atoms with Crippen LogP contribution in [0.5, 0.6) is 0 Å². The molecule has 1 aliphatic rings. The SMILES string of the molecule is CCC1CCCC(n2ncc3ccc(I)cc32)C1. The maximum atomic E-state index is 4.64. The number of nitrogens with zero attached hydrogens (tertiary/aromatic N) is 2. The summed E-state index contributed by atoms with van der Waals surface area (Å²) in [6.45, 7) is 2.32. The lowest BCUT2D eigenvalue weighted by Crippen LogP contribution is -2.19. The van der Waals surface area contributed by atoms with Crippen LogP contribution < -0.4 is 0 Å². The van der Waals surface area contributed by atoms with Gasteiger partial charge < -0.3 is 0 Å². The molecule has 2 aromatic rings. The lowest BCUT2D eigenvalue weighted by atomic mass is 9.84. The number of aromatic nitrogens is 2. The molecule has 1 aromatic heterocycles. The van der Waals surface area contributed by atoms with Crippen molar-refractivity contribution >= 4 is 33.5 Å². The fourth-order valence-corrected chi connectivity index (χ4v) is 3.63. The van der Waals surface area contributed by atoms with Gasteiger partial charge in [0.25, 0.3) is 0 Å². The van der Waals surface area contributed by atoms with Crippen LogP contribution in [0.4, 0.5) is 0 Å². The number of hydrogen-bond acceptors (Lipinski definition) is 1. The van der Waals surface area contributed by atoms with Gasteiger partial charge in [0.2, 0.25) is 0 Å². The Balaban J connectivity index is 1.96. The van der Waals surface area contributed by atoms with Crippen molar-refractivity contribution in [2.24, 2.45) is 5.92 Å². The van der Waals surface area contributed by atoms with E-state index in [1.807, 2.05) is 6.20 Å². The third kappa shape index (κ3) is 2.29. The minimum atomic E-state index is 0.611. The van der Waals surface area contributed by atoms with Crippen molar-refractivity contribution in [1.82, 2.24) is 9.78 Å².